The molecule has 0 spiro atoms. The van der Waals surface area contributed by atoms with Crippen molar-refractivity contribution in [2.75, 3.05) is 19.7 Å². The monoisotopic (exact) mass is 356 g/mol. The van der Waals surface area contributed by atoms with Gasteiger partial charge >= 0.3 is 5.97 Å². The predicted octanol–water partition coefficient (Wildman–Crippen LogP) is 0.925. The van der Waals surface area contributed by atoms with Crippen molar-refractivity contribution >= 4 is 22.8 Å². The van der Waals surface area contributed by atoms with Gasteiger partial charge in [0, 0.05) is 13.1 Å². The van der Waals surface area contributed by atoms with Gasteiger partial charge in [0.1, 0.15) is 5.52 Å². The molecular formula is C18H20N4O4. The number of benzene rings is 1. The minimum atomic E-state index is -0.600. The lowest BCUT2D eigenvalue weighted by Gasteiger charge is -2.18. The van der Waals surface area contributed by atoms with Crippen LogP contribution in [0.4, 0.5) is 0 Å². The van der Waals surface area contributed by atoms with Crippen molar-refractivity contribution in [2.45, 2.75) is 13.0 Å². The Labute approximate surface area is 150 Å². The summed E-state index contributed by atoms with van der Waals surface area (Å²) in [6, 6.07) is 6.82. The standard InChI is InChI=1S/C18H20N4O4/c1-3-10-21(11-4-2)16(23)13-26-17(24)9-12-22-18(25)14-7-5-6-8-15(14)19-20-22/h3-8H,1-2,9-13H2. The lowest BCUT2D eigenvalue weighted by atomic mass is 10.2. The molecule has 0 fully saturated rings. The first-order chi connectivity index (χ1) is 12.6. The van der Waals surface area contributed by atoms with Gasteiger partial charge in [-0.1, -0.05) is 29.5 Å². The van der Waals surface area contributed by atoms with Gasteiger partial charge in [0.25, 0.3) is 11.5 Å². The fourth-order valence-corrected chi connectivity index (χ4v) is 2.26. The quantitative estimate of drug-likeness (QED) is 0.490. The van der Waals surface area contributed by atoms with Gasteiger partial charge in [-0.25, -0.2) is 4.68 Å². The minimum absolute atomic E-state index is 0.0206. The molecule has 0 radical (unpaired) electrons. The Morgan fingerprint density at radius 3 is 2.58 bits per heavy atom. The number of amides is 1. The third-order valence-electron chi connectivity index (χ3n) is 3.57. The van der Waals surface area contributed by atoms with E-state index in [1.807, 2.05) is 0 Å². The zero-order valence-corrected chi connectivity index (χ0v) is 14.3. The van der Waals surface area contributed by atoms with E-state index in [0.29, 0.717) is 24.0 Å². The molecule has 2 aromatic rings. The third kappa shape index (κ3) is 4.85. The fraction of sp³-hybridized carbons (Fsp3) is 0.278. The van der Waals surface area contributed by atoms with Gasteiger partial charge in [-0.05, 0) is 12.1 Å². The Bertz CT molecular complexity index is 865. The van der Waals surface area contributed by atoms with Crippen LogP contribution >= 0.6 is 0 Å². The van der Waals surface area contributed by atoms with Crippen molar-refractivity contribution in [1.29, 1.82) is 0 Å². The highest BCUT2D eigenvalue weighted by molar-refractivity contribution is 5.81. The van der Waals surface area contributed by atoms with Crippen LogP contribution in [0.15, 0.2) is 54.4 Å². The van der Waals surface area contributed by atoms with E-state index in [2.05, 4.69) is 23.5 Å². The van der Waals surface area contributed by atoms with Crippen LogP contribution in [0.2, 0.25) is 0 Å². The average Bonchev–Trinajstić information content (AvgIpc) is 2.65. The second-order valence-electron chi connectivity index (χ2n) is 5.42. The zero-order valence-electron chi connectivity index (χ0n) is 14.3. The molecule has 1 aromatic carbocycles. The number of carbonyl (C=O) groups excluding carboxylic acids is 2. The summed E-state index contributed by atoms with van der Waals surface area (Å²) in [5, 5.41) is 8.17. The summed E-state index contributed by atoms with van der Waals surface area (Å²) >= 11 is 0. The molecule has 136 valence electrons. The maximum atomic E-state index is 12.3. The van der Waals surface area contributed by atoms with Crippen molar-refractivity contribution in [2.24, 2.45) is 0 Å². The number of rotatable bonds is 9. The summed E-state index contributed by atoms with van der Waals surface area (Å²) in [4.78, 5) is 37.5. The molecule has 0 bridgehead atoms. The van der Waals surface area contributed by atoms with E-state index in [1.165, 1.54) is 4.90 Å². The first-order valence-electron chi connectivity index (χ1n) is 8.04. The number of nitrogens with zero attached hydrogens (tertiary/aromatic N) is 4. The topological polar surface area (TPSA) is 94.4 Å². The fourth-order valence-electron chi connectivity index (χ4n) is 2.26. The lowest BCUT2D eigenvalue weighted by molar-refractivity contribution is -0.151. The molecule has 0 atom stereocenters. The largest absolute Gasteiger partial charge is 0.456 e. The van der Waals surface area contributed by atoms with Crippen LogP contribution in [0.1, 0.15) is 6.42 Å². The summed E-state index contributed by atoms with van der Waals surface area (Å²) in [6.07, 6.45) is 3.06. The van der Waals surface area contributed by atoms with Crippen LogP contribution < -0.4 is 5.56 Å². The summed E-state index contributed by atoms with van der Waals surface area (Å²) < 4.78 is 6.07. The number of carbonyl (C=O) groups is 2. The molecule has 2 rings (SSSR count). The number of aromatic nitrogens is 3. The van der Waals surface area contributed by atoms with Crippen LogP contribution in [0.25, 0.3) is 10.9 Å². The number of ether oxygens (including phenoxy) is 1. The number of hydrogen-bond donors (Lipinski definition) is 0. The maximum Gasteiger partial charge on any atom is 0.308 e. The van der Waals surface area contributed by atoms with Gasteiger partial charge in [-0.15, -0.1) is 18.3 Å². The first kappa shape index (κ1) is 19.0. The highest BCUT2D eigenvalue weighted by Crippen LogP contribution is 2.03. The number of fused-ring (bicyclic) bond motifs is 1. The second-order valence-corrected chi connectivity index (χ2v) is 5.42. The molecule has 1 heterocycles. The highest BCUT2D eigenvalue weighted by atomic mass is 16.5. The van der Waals surface area contributed by atoms with Crippen molar-refractivity contribution in [3.05, 3.63) is 59.9 Å². The summed E-state index contributed by atoms with van der Waals surface area (Å²) in [5.74, 6) is -0.946. The molecule has 8 heteroatoms. The van der Waals surface area contributed by atoms with Gasteiger partial charge in [0.2, 0.25) is 0 Å². The van der Waals surface area contributed by atoms with E-state index in [1.54, 1.807) is 36.4 Å². The Morgan fingerprint density at radius 1 is 1.19 bits per heavy atom. The SMILES string of the molecule is C=CCN(CC=C)C(=O)COC(=O)CCn1nnc2ccccc2c1=O. The van der Waals surface area contributed by atoms with E-state index < -0.39 is 5.97 Å². The molecule has 0 aliphatic rings. The lowest BCUT2D eigenvalue weighted by Crippen LogP contribution is -2.35. The summed E-state index contributed by atoms with van der Waals surface area (Å²) in [7, 11) is 0. The van der Waals surface area contributed by atoms with Crippen LogP contribution in [0.5, 0.6) is 0 Å². The van der Waals surface area contributed by atoms with Crippen molar-refractivity contribution in [1.82, 2.24) is 19.9 Å². The molecule has 1 aromatic heterocycles. The van der Waals surface area contributed by atoms with E-state index >= 15 is 0 Å². The molecule has 8 nitrogen and oxygen atoms in total. The van der Waals surface area contributed by atoms with Crippen LogP contribution in [-0.4, -0.2) is 51.5 Å². The zero-order chi connectivity index (χ0) is 18.9. The Morgan fingerprint density at radius 2 is 1.88 bits per heavy atom. The molecular weight excluding hydrogens is 336 g/mol. The average molecular weight is 356 g/mol. The Kier molecular flexibility index (Phi) is 6.78. The molecule has 0 N–H and O–H groups in total. The second kappa shape index (κ2) is 9.26. The van der Waals surface area contributed by atoms with Crippen molar-refractivity contribution in [3.8, 4) is 0 Å². The minimum Gasteiger partial charge on any atom is -0.456 e. The Balaban J connectivity index is 1.90. The molecule has 0 saturated carbocycles. The van der Waals surface area contributed by atoms with Crippen LogP contribution in [0, 0.1) is 0 Å². The molecule has 1 amide bonds. The van der Waals surface area contributed by atoms with E-state index in [-0.39, 0.29) is 31.0 Å². The maximum absolute atomic E-state index is 12.3. The van der Waals surface area contributed by atoms with E-state index in [4.69, 9.17) is 4.74 Å². The normalized spacial score (nSPS) is 10.3. The smallest absolute Gasteiger partial charge is 0.308 e. The Hall–Kier alpha value is -3.29. The van der Waals surface area contributed by atoms with Gasteiger partial charge in [-0.3, -0.25) is 14.4 Å². The summed E-state index contributed by atoms with van der Waals surface area (Å²) in [5.41, 5.74) is 0.161. The number of esters is 1. The molecule has 0 unspecified atom stereocenters. The molecule has 0 aliphatic carbocycles. The van der Waals surface area contributed by atoms with Gasteiger partial charge in [-0.2, -0.15) is 0 Å². The van der Waals surface area contributed by atoms with Gasteiger partial charge in [0.05, 0.1) is 18.4 Å². The molecule has 0 saturated heterocycles. The molecule has 26 heavy (non-hydrogen) atoms. The van der Waals surface area contributed by atoms with Crippen LogP contribution in [-0.2, 0) is 20.9 Å². The summed E-state index contributed by atoms with van der Waals surface area (Å²) in [6.45, 7) is 7.46. The van der Waals surface area contributed by atoms with E-state index in [0.717, 1.165) is 4.68 Å². The number of aryl methyl sites for hydroxylation is 1. The van der Waals surface area contributed by atoms with Crippen molar-refractivity contribution in [3.63, 3.8) is 0 Å². The van der Waals surface area contributed by atoms with Gasteiger partial charge in [0.15, 0.2) is 6.61 Å². The van der Waals surface area contributed by atoms with E-state index in [9.17, 15) is 14.4 Å². The highest BCUT2D eigenvalue weighted by Gasteiger charge is 2.14. The number of hydrogen-bond acceptors (Lipinski definition) is 6. The van der Waals surface area contributed by atoms with Gasteiger partial charge < -0.3 is 9.64 Å². The third-order valence-corrected chi connectivity index (χ3v) is 3.57. The van der Waals surface area contributed by atoms with Crippen molar-refractivity contribution < 1.29 is 14.3 Å². The first-order valence-corrected chi connectivity index (χ1v) is 8.04. The predicted molar refractivity (Wildman–Crippen MR) is 96.3 cm³/mol. The molecule has 0 aliphatic heterocycles. The van der Waals surface area contributed by atoms with Crippen LogP contribution in [0.3, 0.4) is 0 Å².